The number of pyridine rings is 1. The van der Waals surface area contributed by atoms with Gasteiger partial charge in [0.15, 0.2) is 5.78 Å². The summed E-state index contributed by atoms with van der Waals surface area (Å²) in [6.07, 6.45) is 5.00. The number of benzene rings is 2. The lowest BCUT2D eigenvalue weighted by Crippen LogP contribution is -1.94. The second-order valence-electron chi connectivity index (χ2n) is 5.73. The number of hydrogen-bond acceptors (Lipinski definition) is 4. The molecular formula is C22H18FNO2S. The predicted molar refractivity (Wildman–Crippen MR) is 107 cm³/mol. The number of ether oxygens (including phenoxy) is 1. The van der Waals surface area contributed by atoms with Crippen molar-refractivity contribution in [3.63, 3.8) is 0 Å². The smallest absolute Gasteiger partial charge is 0.185 e. The lowest BCUT2D eigenvalue weighted by atomic mass is 10.1. The van der Waals surface area contributed by atoms with Crippen LogP contribution >= 0.6 is 11.8 Å². The maximum absolute atomic E-state index is 13.0. The first-order valence-corrected chi connectivity index (χ1v) is 9.33. The van der Waals surface area contributed by atoms with Crippen LogP contribution in [-0.2, 0) is 5.75 Å². The van der Waals surface area contributed by atoms with Crippen molar-refractivity contribution in [2.75, 3.05) is 7.11 Å². The molecule has 0 amide bonds. The molecule has 1 aromatic heterocycles. The molecule has 0 N–H and O–H groups in total. The van der Waals surface area contributed by atoms with Gasteiger partial charge in [-0.05, 0) is 60.2 Å². The van der Waals surface area contributed by atoms with Crippen molar-refractivity contribution in [2.24, 2.45) is 0 Å². The summed E-state index contributed by atoms with van der Waals surface area (Å²) in [6, 6.07) is 17.1. The van der Waals surface area contributed by atoms with E-state index in [2.05, 4.69) is 4.98 Å². The van der Waals surface area contributed by atoms with Crippen LogP contribution in [0.1, 0.15) is 21.5 Å². The first-order valence-electron chi connectivity index (χ1n) is 8.34. The fourth-order valence-corrected chi connectivity index (χ4v) is 3.32. The number of hydrogen-bond donors (Lipinski definition) is 0. The minimum atomic E-state index is -0.360. The number of ketones is 1. The highest BCUT2D eigenvalue weighted by Gasteiger charge is 2.06. The normalized spacial score (nSPS) is 10.9. The van der Waals surface area contributed by atoms with Crippen molar-refractivity contribution < 1.29 is 13.9 Å². The van der Waals surface area contributed by atoms with Crippen LogP contribution in [0.3, 0.4) is 0 Å². The van der Waals surface area contributed by atoms with Gasteiger partial charge in [0.1, 0.15) is 11.6 Å². The SMILES string of the molecule is COc1ccc(/C=C/C(=O)c2ccc(F)cc2)cc1CSc1ccccn1. The van der Waals surface area contributed by atoms with Crippen LogP contribution in [0.5, 0.6) is 5.75 Å². The molecule has 136 valence electrons. The number of rotatable bonds is 7. The molecule has 0 aliphatic heterocycles. The molecule has 0 aliphatic rings. The molecule has 0 unspecified atom stereocenters. The molecule has 0 saturated heterocycles. The molecule has 0 saturated carbocycles. The predicted octanol–water partition coefficient (Wildman–Crippen LogP) is 5.42. The summed E-state index contributed by atoms with van der Waals surface area (Å²) in [5.41, 5.74) is 2.36. The topological polar surface area (TPSA) is 39.2 Å². The van der Waals surface area contributed by atoms with Crippen LogP contribution < -0.4 is 4.74 Å². The molecule has 3 aromatic rings. The molecule has 0 fully saturated rings. The van der Waals surface area contributed by atoms with E-state index in [-0.39, 0.29) is 11.6 Å². The summed E-state index contributed by atoms with van der Waals surface area (Å²) in [5, 5.41) is 0.937. The average molecular weight is 379 g/mol. The number of carbonyl (C=O) groups excluding carboxylic acids is 1. The Morgan fingerprint density at radius 3 is 2.67 bits per heavy atom. The molecule has 0 radical (unpaired) electrons. The molecule has 1 heterocycles. The van der Waals surface area contributed by atoms with Gasteiger partial charge in [0.25, 0.3) is 0 Å². The number of halogens is 1. The number of allylic oxidation sites excluding steroid dienone is 1. The summed E-state index contributed by atoms with van der Waals surface area (Å²) in [5.74, 6) is 0.963. The van der Waals surface area contributed by atoms with Crippen LogP contribution in [-0.4, -0.2) is 17.9 Å². The van der Waals surface area contributed by atoms with Gasteiger partial charge in [0.2, 0.25) is 0 Å². The van der Waals surface area contributed by atoms with Crippen LogP contribution in [0.15, 0.2) is 78.0 Å². The molecule has 27 heavy (non-hydrogen) atoms. The van der Waals surface area contributed by atoms with Crippen molar-refractivity contribution >= 4 is 23.6 Å². The van der Waals surface area contributed by atoms with E-state index in [1.54, 1.807) is 31.1 Å². The number of carbonyl (C=O) groups is 1. The Bertz CT molecular complexity index is 940. The second-order valence-corrected chi connectivity index (χ2v) is 6.73. The standard InChI is InChI=1S/C22H18FNO2S/c1-26-21-12-6-16(5-11-20(25)17-7-9-19(23)10-8-17)14-18(21)15-27-22-4-2-3-13-24-22/h2-14H,15H2,1H3/b11-5+. The highest BCUT2D eigenvalue weighted by molar-refractivity contribution is 7.98. The van der Waals surface area contributed by atoms with Gasteiger partial charge in [0.05, 0.1) is 12.1 Å². The van der Waals surface area contributed by atoms with Gasteiger partial charge in [-0.15, -0.1) is 11.8 Å². The molecule has 3 rings (SSSR count). The Morgan fingerprint density at radius 2 is 1.96 bits per heavy atom. The maximum atomic E-state index is 13.0. The molecule has 0 bridgehead atoms. The Morgan fingerprint density at radius 1 is 1.15 bits per heavy atom. The molecule has 0 spiro atoms. The van der Waals surface area contributed by atoms with Gasteiger partial charge in [-0.3, -0.25) is 4.79 Å². The van der Waals surface area contributed by atoms with E-state index in [1.165, 1.54) is 30.3 Å². The van der Waals surface area contributed by atoms with Crippen LogP contribution in [0.4, 0.5) is 4.39 Å². The lowest BCUT2D eigenvalue weighted by molar-refractivity contribution is 0.104. The molecule has 0 aliphatic carbocycles. The van der Waals surface area contributed by atoms with Gasteiger partial charge in [-0.1, -0.05) is 18.2 Å². The first-order chi connectivity index (χ1) is 13.2. The fraction of sp³-hybridized carbons (Fsp3) is 0.0909. The van der Waals surface area contributed by atoms with Gasteiger partial charge in [-0.25, -0.2) is 9.37 Å². The van der Waals surface area contributed by atoms with Crippen molar-refractivity contribution in [3.8, 4) is 5.75 Å². The third-order valence-corrected chi connectivity index (χ3v) is 4.87. The van der Waals surface area contributed by atoms with E-state index in [1.807, 2.05) is 36.4 Å². The minimum Gasteiger partial charge on any atom is -0.496 e. The molecule has 0 atom stereocenters. The van der Waals surface area contributed by atoms with Gasteiger partial charge in [0, 0.05) is 23.1 Å². The highest BCUT2D eigenvalue weighted by atomic mass is 32.2. The highest BCUT2D eigenvalue weighted by Crippen LogP contribution is 2.28. The number of methoxy groups -OCH3 is 1. The van der Waals surface area contributed by atoms with E-state index in [9.17, 15) is 9.18 Å². The summed E-state index contributed by atoms with van der Waals surface area (Å²) in [6.45, 7) is 0. The van der Waals surface area contributed by atoms with E-state index < -0.39 is 0 Å². The van der Waals surface area contributed by atoms with Gasteiger partial charge >= 0.3 is 0 Å². The largest absolute Gasteiger partial charge is 0.496 e. The third kappa shape index (κ3) is 5.28. The Labute approximate surface area is 161 Å². The number of aromatic nitrogens is 1. The molecule has 3 nitrogen and oxygen atoms in total. The zero-order valence-electron chi connectivity index (χ0n) is 14.8. The Hall–Kier alpha value is -2.92. The molecule has 5 heteroatoms. The second kappa shape index (κ2) is 9.14. The van der Waals surface area contributed by atoms with Crippen LogP contribution in [0, 0.1) is 5.82 Å². The number of nitrogens with zero attached hydrogens (tertiary/aromatic N) is 1. The molecular weight excluding hydrogens is 361 g/mol. The average Bonchev–Trinajstić information content (AvgIpc) is 2.71. The quantitative estimate of drug-likeness (QED) is 0.312. The maximum Gasteiger partial charge on any atom is 0.185 e. The van der Waals surface area contributed by atoms with Crippen molar-refractivity contribution in [3.05, 3.63) is 95.4 Å². The van der Waals surface area contributed by atoms with Gasteiger partial charge in [-0.2, -0.15) is 0 Å². The van der Waals surface area contributed by atoms with Crippen LogP contribution in [0.2, 0.25) is 0 Å². The lowest BCUT2D eigenvalue weighted by Gasteiger charge is -2.09. The Balaban J connectivity index is 1.73. The molecule has 2 aromatic carbocycles. The fourth-order valence-electron chi connectivity index (χ4n) is 2.48. The summed E-state index contributed by atoms with van der Waals surface area (Å²) < 4.78 is 18.4. The summed E-state index contributed by atoms with van der Waals surface area (Å²) in [7, 11) is 1.64. The van der Waals surface area contributed by atoms with E-state index in [0.717, 1.165) is 21.9 Å². The Kier molecular flexibility index (Phi) is 6.39. The minimum absolute atomic E-state index is 0.171. The third-order valence-electron chi connectivity index (χ3n) is 3.87. The first kappa shape index (κ1) is 18.9. The van der Waals surface area contributed by atoms with Gasteiger partial charge < -0.3 is 4.74 Å². The van der Waals surface area contributed by atoms with Crippen molar-refractivity contribution in [1.29, 1.82) is 0 Å². The van der Waals surface area contributed by atoms with Crippen molar-refractivity contribution in [1.82, 2.24) is 4.98 Å². The zero-order chi connectivity index (χ0) is 19.1. The number of thioether (sulfide) groups is 1. The summed E-state index contributed by atoms with van der Waals surface area (Å²) >= 11 is 1.62. The van der Waals surface area contributed by atoms with E-state index in [4.69, 9.17) is 4.74 Å². The van der Waals surface area contributed by atoms with Crippen molar-refractivity contribution in [2.45, 2.75) is 10.8 Å². The van der Waals surface area contributed by atoms with E-state index >= 15 is 0 Å². The summed E-state index contributed by atoms with van der Waals surface area (Å²) in [4.78, 5) is 16.5. The van der Waals surface area contributed by atoms with Crippen LogP contribution in [0.25, 0.3) is 6.08 Å². The zero-order valence-corrected chi connectivity index (χ0v) is 15.6. The monoisotopic (exact) mass is 379 g/mol. The van der Waals surface area contributed by atoms with E-state index in [0.29, 0.717) is 11.3 Å².